The van der Waals surface area contributed by atoms with Gasteiger partial charge in [0.2, 0.25) is 0 Å². The summed E-state index contributed by atoms with van der Waals surface area (Å²) < 4.78 is 16.9. The standard InChI is InChI=1S/C73H134O6/c1-4-7-10-13-16-19-22-25-27-29-30-31-32-33-34-35-36-37-38-39-40-41-42-44-45-48-51-54-57-60-63-66-72(75)78-69-70(68-77-71(74)65-62-59-56-53-50-47-24-21-18-15-12-9-6-3)79-73(76)67-64-61-58-55-52-49-46-43-28-26-23-20-17-14-11-8-5-2/h8,11,17,20-21,24,26,28,70H,4-7,9-10,12-16,18-19,22-23,25,27,29-69H2,1-3H3/b11-8-,20-17-,24-21-,28-26-. The zero-order chi connectivity index (χ0) is 57.1. The van der Waals surface area contributed by atoms with Crippen molar-refractivity contribution in [1.29, 1.82) is 0 Å². The van der Waals surface area contributed by atoms with Crippen LogP contribution in [0.1, 0.15) is 380 Å². The summed E-state index contributed by atoms with van der Waals surface area (Å²) in [6.45, 7) is 6.56. The van der Waals surface area contributed by atoms with Crippen molar-refractivity contribution in [3.05, 3.63) is 48.6 Å². The smallest absolute Gasteiger partial charge is 0.306 e. The first kappa shape index (κ1) is 76.4. The number of rotatable bonds is 65. The summed E-state index contributed by atoms with van der Waals surface area (Å²) in [7, 11) is 0. The second-order valence-corrected chi connectivity index (χ2v) is 23.8. The van der Waals surface area contributed by atoms with Crippen molar-refractivity contribution in [1.82, 2.24) is 0 Å². The normalized spacial score (nSPS) is 12.3. The third kappa shape index (κ3) is 66.1. The van der Waals surface area contributed by atoms with E-state index in [-0.39, 0.29) is 31.1 Å². The average molecular weight is 1110 g/mol. The van der Waals surface area contributed by atoms with Gasteiger partial charge in [0.1, 0.15) is 13.2 Å². The molecule has 0 aliphatic carbocycles. The van der Waals surface area contributed by atoms with Crippen LogP contribution in [-0.2, 0) is 28.6 Å². The van der Waals surface area contributed by atoms with Gasteiger partial charge in [-0.05, 0) is 77.0 Å². The Balaban J connectivity index is 4.14. The van der Waals surface area contributed by atoms with Gasteiger partial charge in [0, 0.05) is 19.3 Å². The van der Waals surface area contributed by atoms with E-state index in [1.807, 2.05) is 0 Å². The van der Waals surface area contributed by atoms with Gasteiger partial charge in [-0.1, -0.05) is 333 Å². The fourth-order valence-corrected chi connectivity index (χ4v) is 10.6. The quantitative estimate of drug-likeness (QED) is 0.0261. The third-order valence-corrected chi connectivity index (χ3v) is 15.8. The minimum Gasteiger partial charge on any atom is -0.462 e. The highest BCUT2D eigenvalue weighted by molar-refractivity contribution is 5.71. The lowest BCUT2D eigenvalue weighted by Crippen LogP contribution is -2.30. The van der Waals surface area contributed by atoms with E-state index in [4.69, 9.17) is 14.2 Å². The monoisotopic (exact) mass is 1110 g/mol. The number of unbranched alkanes of at least 4 members (excludes halogenated alkanes) is 46. The molecular formula is C73H134O6. The van der Waals surface area contributed by atoms with Gasteiger partial charge in [-0.2, -0.15) is 0 Å². The molecule has 0 radical (unpaired) electrons. The Morgan fingerprint density at radius 3 is 0.797 bits per heavy atom. The molecule has 1 unspecified atom stereocenters. The van der Waals surface area contributed by atoms with Crippen molar-refractivity contribution in [2.45, 2.75) is 386 Å². The average Bonchev–Trinajstić information content (AvgIpc) is 3.45. The van der Waals surface area contributed by atoms with Gasteiger partial charge in [0.15, 0.2) is 6.10 Å². The summed E-state index contributed by atoms with van der Waals surface area (Å²) in [5.41, 5.74) is 0. The summed E-state index contributed by atoms with van der Waals surface area (Å²) >= 11 is 0. The van der Waals surface area contributed by atoms with E-state index in [1.165, 1.54) is 250 Å². The van der Waals surface area contributed by atoms with E-state index >= 15 is 0 Å². The maximum Gasteiger partial charge on any atom is 0.306 e. The van der Waals surface area contributed by atoms with Crippen molar-refractivity contribution >= 4 is 17.9 Å². The van der Waals surface area contributed by atoms with Crippen LogP contribution in [0.25, 0.3) is 0 Å². The van der Waals surface area contributed by atoms with Crippen LogP contribution in [0.15, 0.2) is 48.6 Å². The van der Waals surface area contributed by atoms with E-state index in [0.29, 0.717) is 19.3 Å². The number of hydrogen-bond donors (Lipinski definition) is 0. The molecule has 0 aromatic carbocycles. The first-order valence-corrected chi connectivity index (χ1v) is 35.1. The molecule has 79 heavy (non-hydrogen) atoms. The molecule has 0 aromatic rings. The maximum atomic E-state index is 12.9. The minimum absolute atomic E-state index is 0.0762. The fraction of sp³-hybridized carbons (Fsp3) is 0.849. The SMILES string of the molecule is CC/C=C\C/C=C\C/C=C\CCCCCCCCCC(=O)OC(COC(=O)CCCCCCC/C=C\CCCCCC)COC(=O)CCCCCCCCCCCCCCCCCCCCCCCCCCCCCCCCC. The maximum absolute atomic E-state index is 12.9. The van der Waals surface area contributed by atoms with Crippen LogP contribution in [0.2, 0.25) is 0 Å². The predicted octanol–water partition coefficient (Wildman–Crippen LogP) is 24.1. The minimum atomic E-state index is -0.781. The molecule has 6 heteroatoms. The number of esters is 3. The van der Waals surface area contributed by atoms with Gasteiger partial charge in [-0.25, -0.2) is 0 Å². The van der Waals surface area contributed by atoms with Crippen molar-refractivity contribution in [3.8, 4) is 0 Å². The van der Waals surface area contributed by atoms with Crippen LogP contribution < -0.4 is 0 Å². The third-order valence-electron chi connectivity index (χ3n) is 15.8. The molecule has 0 bridgehead atoms. The fourth-order valence-electron chi connectivity index (χ4n) is 10.6. The molecule has 0 heterocycles. The van der Waals surface area contributed by atoms with E-state index in [0.717, 1.165) is 89.9 Å². The Bertz CT molecular complexity index is 1360. The van der Waals surface area contributed by atoms with Gasteiger partial charge in [-0.15, -0.1) is 0 Å². The molecule has 0 amide bonds. The van der Waals surface area contributed by atoms with Gasteiger partial charge >= 0.3 is 17.9 Å². The molecule has 1 atom stereocenters. The highest BCUT2D eigenvalue weighted by Gasteiger charge is 2.19. The molecule has 6 nitrogen and oxygen atoms in total. The second kappa shape index (κ2) is 67.9. The predicted molar refractivity (Wildman–Crippen MR) is 344 cm³/mol. The lowest BCUT2D eigenvalue weighted by molar-refractivity contribution is -0.167. The van der Waals surface area contributed by atoms with Crippen LogP contribution in [-0.4, -0.2) is 37.2 Å². The zero-order valence-corrected chi connectivity index (χ0v) is 53.2. The van der Waals surface area contributed by atoms with Crippen molar-refractivity contribution in [2.24, 2.45) is 0 Å². The highest BCUT2D eigenvalue weighted by Crippen LogP contribution is 2.19. The van der Waals surface area contributed by atoms with Crippen LogP contribution in [0, 0.1) is 0 Å². The number of allylic oxidation sites excluding steroid dienone is 8. The van der Waals surface area contributed by atoms with Gasteiger partial charge in [0.25, 0.3) is 0 Å². The van der Waals surface area contributed by atoms with Gasteiger partial charge < -0.3 is 14.2 Å². The molecule has 0 N–H and O–H groups in total. The zero-order valence-electron chi connectivity index (χ0n) is 53.2. The van der Waals surface area contributed by atoms with Crippen molar-refractivity contribution < 1.29 is 28.6 Å². The second-order valence-electron chi connectivity index (χ2n) is 23.8. The van der Waals surface area contributed by atoms with Gasteiger partial charge in [0.05, 0.1) is 0 Å². The number of ether oxygens (including phenoxy) is 3. The number of hydrogen-bond acceptors (Lipinski definition) is 6. The summed E-state index contributed by atoms with van der Waals surface area (Å²) in [6.07, 6.45) is 85.9. The first-order valence-electron chi connectivity index (χ1n) is 35.1. The first-order chi connectivity index (χ1) is 39.0. The summed E-state index contributed by atoms with van der Waals surface area (Å²) in [5.74, 6) is -0.873. The lowest BCUT2D eigenvalue weighted by Gasteiger charge is -2.18. The van der Waals surface area contributed by atoms with Crippen LogP contribution in [0.4, 0.5) is 0 Å². The number of carbonyl (C=O) groups excluding carboxylic acids is 3. The summed E-state index contributed by atoms with van der Waals surface area (Å²) in [5, 5.41) is 0. The lowest BCUT2D eigenvalue weighted by atomic mass is 10.0. The Labute approximate surface area is 492 Å². The van der Waals surface area contributed by atoms with E-state index < -0.39 is 6.10 Å². The highest BCUT2D eigenvalue weighted by atomic mass is 16.6. The molecule has 0 spiro atoms. The molecule has 0 saturated carbocycles. The summed E-state index contributed by atoms with van der Waals surface area (Å²) in [6, 6.07) is 0. The Kier molecular flexibility index (Phi) is 65.6. The number of carbonyl (C=O) groups is 3. The van der Waals surface area contributed by atoms with Crippen molar-refractivity contribution in [3.63, 3.8) is 0 Å². The molecule has 0 rings (SSSR count). The molecule has 0 aliphatic heterocycles. The Morgan fingerprint density at radius 1 is 0.266 bits per heavy atom. The van der Waals surface area contributed by atoms with E-state index in [2.05, 4.69) is 69.4 Å². The molecular weight excluding hydrogens is 973 g/mol. The molecule has 0 aromatic heterocycles. The van der Waals surface area contributed by atoms with Crippen molar-refractivity contribution in [2.75, 3.05) is 13.2 Å². The molecule has 0 aliphatic rings. The van der Waals surface area contributed by atoms with Gasteiger partial charge in [-0.3, -0.25) is 14.4 Å². The Hall–Kier alpha value is -2.63. The topological polar surface area (TPSA) is 78.9 Å². The molecule has 0 saturated heterocycles. The van der Waals surface area contributed by atoms with E-state index in [9.17, 15) is 14.4 Å². The van der Waals surface area contributed by atoms with Crippen LogP contribution in [0.5, 0.6) is 0 Å². The summed E-state index contributed by atoms with van der Waals surface area (Å²) in [4.78, 5) is 38.3. The van der Waals surface area contributed by atoms with Crippen LogP contribution in [0.3, 0.4) is 0 Å². The molecule has 462 valence electrons. The van der Waals surface area contributed by atoms with Crippen LogP contribution >= 0.6 is 0 Å². The largest absolute Gasteiger partial charge is 0.462 e. The van der Waals surface area contributed by atoms with E-state index in [1.54, 1.807) is 0 Å². The molecule has 0 fully saturated rings. The Morgan fingerprint density at radius 2 is 0.494 bits per heavy atom.